The topological polar surface area (TPSA) is 121 Å². The molecule has 10 heteroatoms. The zero-order valence-corrected chi connectivity index (χ0v) is 22.4. The molecule has 5 rings (SSSR count). The number of ether oxygens (including phenoxy) is 1. The first-order valence-corrected chi connectivity index (χ1v) is 13.3. The summed E-state index contributed by atoms with van der Waals surface area (Å²) < 4.78 is 5.46. The number of piperidine rings is 1. The standard InChI is InChI=1S/C29H34N8O2/c1-20-7-9-22(10-8-20)31-28(38)19-21-17-26(24-5-3-4-6-25(24)29-33-35-36-34-29)32-27(18-21)37(15-16-39-2)23-11-13-30-14-12-23/h3-10,17-18,23,30H,11-16,19H2,1-2H3,(H,31,38)(H,33,34,35,36). The van der Waals surface area contributed by atoms with Gasteiger partial charge in [-0.05, 0) is 67.9 Å². The summed E-state index contributed by atoms with van der Waals surface area (Å²) >= 11 is 0. The first-order chi connectivity index (χ1) is 19.1. The average Bonchev–Trinajstić information content (AvgIpc) is 3.50. The van der Waals surface area contributed by atoms with Crippen molar-refractivity contribution >= 4 is 17.4 Å². The van der Waals surface area contributed by atoms with Crippen LogP contribution in [-0.2, 0) is 16.0 Å². The Balaban J connectivity index is 1.53. The van der Waals surface area contributed by atoms with Crippen molar-refractivity contribution in [3.63, 3.8) is 0 Å². The number of nitrogens with one attached hydrogen (secondary N) is 3. The van der Waals surface area contributed by atoms with Crippen molar-refractivity contribution in [2.24, 2.45) is 0 Å². The van der Waals surface area contributed by atoms with Gasteiger partial charge >= 0.3 is 0 Å². The van der Waals surface area contributed by atoms with Gasteiger partial charge in [0.15, 0.2) is 0 Å². The minimum absolute atomic E-state index is 0.0845. The molecule has 0 bridgehead atoms. The molecule has 2 aromatic heterocycles. The van der Waals surface area contributed by atoms with Crippen LogP contribution < -0.4 is 15.5 Å². The molecule has 10 nitrogen and oxygen atoms in total. The highest BCUT2D eigenvalue weighted by molar-refractivity contribution is 5.92. The summed E-state index contributed by atoms with van der Waals surface area (Å²) in [5.74, 6) is 1.24. The molecule has 3 heterocycles. The number of tetrazole rings is 1. The highest BCUT2D eigenvalue weighted by Crippen LogP contribution is 2.32. The van der Waals surface area contributed by atoms with Crippen LogP contribution in [0.5, 0.6) is 0 Å². The number of methoxy groups -OCH3 is 1. The van der Waals surface area contributed by atoms with Crippen LogP contribution in [0.15, 0.2) is 60.7 Å². The number of anilines is 2. The number of nitrogens with zero attached hydrogens (tertiary/aromatic N) is 5. The van der Waals surface area contributed by atoms with Gasteiger partial charge in [0.1, 0.15) is 5.82 Å². The molecule has 1 amide bonds. The summed E-state index contributed by atoms with van der Waals surface area (Å²) in [4.78, 5) is 20.6. The highest BCUT2D eigenvalue weighted by Gasteiger charge is 2.24. The van der Waals surface area contributed by atoms with Crippen LogP contribution in [0.4, 0.5) is 11.5 Å². The molecular weight excluding hydrogens is 492 g/mol. The Bertz CT molecular complexity index is 1370. The fourth-order valence-corrected chi connectivity index (χ4v) is 4.96. The summed E-state index contributed by atoms with van der Waals surface area (Å²) in [6, 6.07) is 20.0. The van der Waals surface area contributed by atoms with Crippen LogP contribution in [0, 0.1) is 6.92 Å². The van der Waals surface area contributed by atoms with Crippen LogP contribution in [-0.4, -0.2) is 70.9 Å². The van der Waals surface area contributed by atoms with E-state index < -0.39 is 0 Å². The lowest BCUT2D eigenvalue weighted by molar-refractivity contribution is -0.115. The first-order valence-electron chi connectivity index (χ1n) is 13.3. The summed E-state index contributed by atoms with van der Waals surface area (Å²) in [6.07, 6.45) is 2.24. The van der Waals surface area contributed by atoms with Crippen LogP contribution in [0.1, 0.15) is 24.0 Å². The van der Waals surface area contributed by atoms with Crippen LogP contribution in [0.3, 0.4) is 0 Å². The lowest BCUT2D eigenvalue weighted by Crippen LogP contribution is -2.45. The fraction of sp³-hybridized carbons (Fsp3) is 0.345. The van der Waals surface area contributed by atoms with E-state index in [9.17, 15) is 4.79 Å². The van der Waals surface area contributed by atoms with E-state index in [1.807, 2.05) is 67.6 Å². The Labute approximate surface area is 228 Å². The predicted octanol–water partition coefficient (Wildman–Crippen LogP) is 3.62. The maximum Gasteiger partial charge on any atom is 0.228 e. The van der Waals surface area contributed by atoms with Gasteiger partial charge < -0.3 is 20.3 Å². The normalized spacial score (nSPS) is 13.8. The van der Waals surface area contributed by atoms with Crippen molar-refractivity contribution in [1.29, 1.82) is 0 Å². The molecule has 0 spiro atoms. The van der Waals surface area contributed by atoms with Gasteiger partial charge in [-0.1, -0.05) is 42.0 Å². The number of rotatable bonds is 10. The van der Waals surface area contributed by atoms with Gasteiger partial charge in [-0.3, -0.25) is 4.79 Å². The molecule has 39 heavy (non-hydrogen) atoms. The summed E-state index contributed by atoms with van der Waals surface area (Å²) in [7, 11) is 1.71. The molecule has 0 saturated carbocycles. The molecule has 4 aromatic rings. The van der Waals surface area contributed by atoms with Gasteiger partial charge in [0.25, 0.3) is 0 Å². The fourth-order valence-electron chi connectivity index (χ4n) is 4.96. The number of aromatic nitrogens is 5. The second kappa shape index (κ2) is 12.6. The lowest BCUT2D eigenvalue weighted by atomic mass is 10.00. The average molecular weight is 527 g/mol. The van der Waals surface area contributed by atoms with Gasteiger partial charge in [-0.15, -0.1) is 10.2 Å². The van der Waals surface area contributed by atoms with E-state index >= 15 is 0 Å². The minimum atomic E-state index is -0.0845. The number of carbonyl (C=O) groups excluding carboxylic acids is 1. The molecule has 1 aliphatic heterocycles. The lowest BCUT2D eigenvalue weighted by Gasteiger charge is -2.36. The number of carbonyl (C=O) groups is 1. The molecule has 0 unspecified atom stereocenters. The zero-order valence-electron chi connectivity index (χ0n) is 22.4. The Morgan fingerprint density at radius 3 is 2.56 bits per heavy atom. The van der Waals surface area contributed by atoms with Crippen molar-refractivity contribution in [3.05, 3.63) is 71.8 Å². The quantitative estimate of drug-likeness (QED) is 0.287. The number of amides is 1. The minimum Gasteiger partial charge on any atom is -0.383 e. The maximum absolute atomic E-state index is 13.1. The second-order valence-corrected chi connectivity index (χ2v) is 9.76. The number of aryl methyl sites for hydroxylation is 1. The number of hydrogen-bond donors (Lipinski definition) is 3. The van der Waals surface area contributed by atoms with Gasteiger partial charge in [0, 0.05) is 36.5 Å². The Morgan fingerprint density at radius 1 is 1.08 bits per heavy atom. The number of aromatic amines is 1. The number of H-pyrrole nitrogens is 1. The Kier molecular flexibility index (Phi) is 8.55. The number of pyridine rings is 1. The predicted molar refractivity (Wildman–Crippen MR) is 151 cm³/mol. The van der Waals surface area contributed by atoms with Crippen LogP contribution in [0.2, 0.25) is 0 Å². The molecule has 0 radical (unpaired) electrons. The van der Waals surface area contributed by atoms with E-state index in [4.69, 9.17) is 9.72 Å². The van der Waals surface area contributed by atoms with Crippen molar-refractivity contribution in [2.45, 2.75) is 32.2 Å². The third-order valence-corrected chi connectivity index (χ3v) is 6.94. The van der Waals surface area contributed by atoms with Crippen molar-refractivity contribution < 1.29 is 9.53 Å². The maximum atomic E-state index is 13.1. The molecular formula is C29H34N8O2. The van der Waals surface area contributed by atoms with Crippen molar-refractivity contribution in [2.75, 3.05) is 43.6 Å². The van der Waals surface area contributed by atoms with Gasteiger partial charge in [0.05, 0.1) is 18.7 Å². The Hall–Kier alpha value is -4.15. The molecule has 1 saturated heterocycles. The third kappa shape index (κ3) is 6.65. The second-order valence-electron chi connectivity index (χ2n) is 9.76. The molecule has 202 valence electrons. The molecule has 0 atom stereocenters. The molecule has 3 N–H and O–H groups in total. The van der Waals surface area contributed by atoms with E-state index in [0.29, 0.717) is 25.0 Å². The SMILES string of the molecule is COCCN(c1cc(CC(=O)Nc2ccc(C)cc2)cc(-c2ccccc2-c2nn[nH]n2)n1)C1CCNCC1. The van der Waals surface area contributed by atoms with Gasteiger partial charge in [-0.2, -0.15) is 5.21 Å². The van der Waals surface area contributed by atoms with Gasteiger partial charge in [0.2, 0.25) is 11.7 Å². The van der Waals surface area contributed by atoms with Gasteiger partial charge in [-0.25, -0.2) is 4.98 Å². The molecule has 1 fully saturated rings. The van der Waals surface area contributed by atoms with E-state index in [0.717, 1.165) is 65.4 Å². The first kappa shape index (κ1) is 26.5. The molecule has 2 aromatic carbocycles. The summed E-state index contributed by atoms with van der Waals surface area (Å²) in [5, 5.41) is 21.1. The third-order valence-electron chi connectivity index (χ3n) is 6.94. The summed E-state index contributed by atoms with van der Waals surface area (Å²) in [6.45, 7) is 5.23. The smallest absolute Gasteiger partial charge is 0.228 e. The zero-order chi connectivity index (χ0) is 27.0. The largest absolute Gasteiger partial charge is 0.383 e. The van der Waals surface area contributed by atoms with E-state index in [-0.39, 0.29) is 12.3 Å². The monoisotopic (exact) mass is 526 g/mol. The summed E-state index contributed by atoms with van der Waals surface area (Å²) in [5.41, 5.74) is 5.24. The van der Waals surface area contributed by atoms with Crippen molar-refractivity contribution in [3.8, 4) is 22.6 Å². The van der Waals surface area contributed by atoms with E-state index in [1.165, 1.54) is 0 Å². The van der Waals surface area contributed by atoms with E-state index in [2.05, 4.69) is 36.2 Å². The van der Waals surface area contributed by atoms with Crippen LogP contribution in [0.25, 0.3) is 22.6 Å². The molecule has 0 aliphatic carbocycles. The molecule has 1 aliphatic rings. The number of benzene rings is 2. The highest BCUT2D eigenvalue weighted by atomic mass is 16.5. The van der Waals surface area contributed by atoms with E-state index in [1.54, 1.807) is 7.11 Å². The van der Waals surface area contributed by atoms with Crippen LogP contribution >= 0.6 is 0 Å². The van der Waals surface area contributed by atoms with Crippen molar-refractivity contribution in [1.82, 2.24) is 30.9 Å². The number of hydrogen-bond acceptors (Lipinski definition) is 8. The Morgan fingerprint density at radius 2 is 1.85 bits per heavy atom.